The topological polar surface area (TPSA) is 63.7 Å². The van der Waals surface area contributed by atoms with Gasteiger partial charge in [-0.25, -0.2) is 9.18 Å². The molecule has 0 saturated carbocycles. The van der Waals surface area contributed by atoms with Crippen LogP contribution in [0.15, 0.2) is 47.4 Å². The minimum Gasteiger partial charge on any atom is -0.324 e. The van der Waals surface area contributed by atoms with Crippen LogP contribution in [0.4, 0.5) is 4.39 Å². The molecule has 0 fully saturated rings. The molecule has 23 heavy (non-hydrogen) atoms. The third-order valence-electron chi connectivity index (χ3n) is 3.31. The molecular weight excluding hydrogens is 321 g/mol. The first-order valence-corrected chi connectivity index (χ1v) is 7.79. The molecule has 0 unspecified atom stereocenters. The Hall–Kier alpha value is -2.67. The second-order valence-electron chi connectivity index (χ2n) is 4.67. The van der Waals surface area contributed by atoms with Crippen molar-refractivity contribution in [2.24, 2.45) is 0 Å². The summed E-state index contributed by atoms with van der Waals surface area (Å²) < 4.78 is 13.2. The Labute approximate surface area is 135 Å². The summed E-state index contributed by atoms with van der Waals surface area (Å²) in [7, 11) is 0. The second kappa shape index (κ2) is 5.85. The lowest BCUT2D eigenvalue weighted by Crippen LogP contribution is -2.32. The smallest absolute Gasteiger partial charge is 0.324 e. The summed E-state index contributed by atoms with van der Waals surface area (Å²) in [6.07, 6.45) is 1.67. The number of fused-ring (bicyclic) bond motifs is 1. The zero-order chi connectivity index (χ0) is 16.6. The molecule has 3 rings (SSSR count). The molecule has 0 spiro atoms. The molecule has 0 atom stereocenters. The standard InChI is InChI=1S/C16H10FNO4S/c1-23-13-8-9(17)6-7-12(13)16(21)22-18-14(19)10-4-2-3-5-11(10)15(18)20/h2-8H,1H3. The molecule has 0 aromatic heterocycles. The number of carbonyl (C=O) groups is 3. The number of rotatable bonds is 3. The number of amides is 2. The SMILES string of the molecule is CSc1cc(F)ccc1C(=O)ON1C(=O)c2ccccc2C1=O. The fraction of sp³-hybridized carbons (Fsp3) is 0.0625. The summed E-state index contributed by atoms with van der Waals surface area (Å²) in [6, 6.07) is 9.73. The highest BCUT2D eigenvalue weighted by Gasteiger charge is 2.39. The highest BCUT2D eigenvalue weighted by molar-refractivity contribution is 7.98. The molecule has 7 heteroatoms. The van der Waals surface area contributed by atoms with E-state index in [-0.39, 0.29) is 16.7 Å². The minimum absolute atomic E-state index is 0.0791. The van der Waals surface area contributed by atoms with Crippen LogP contribution < -0.4 is 0 Å². The summed E-state index contributed by atoms with van der Waals surface area (Å²) in [5, 5.41) is 0.431. The van der Waals surface area contributed by atoms with Crippen molar-refractivity contribution in [1.29, 1.82) is 0 Å². The third-order valence-corrected chi connectivity index (χ3v) is 4.09. The highest BCUT2D eigenvalue weighted by Crippen LogP contribution is 2.26. The van der Waals surface area contributed by atoms with Crippen LogP contribution in [-0.2, 0) is 4.84 Å². The molecule has 2 aromatic rings. The van der Waals surface area contributed by atoms with Gasteiger partial charge in [0.1, 0.15) is 5.82 Å². The number of imide groups is 1. The first-order valence-electron chi connectivity index (χ1n) is 6.56. The molecule has 1 aliphatic heterocycles. The highest BCUT2D eigenvalue weighted by atomic mass is 32.2. The number of hydrogen-bond donors (Lipinski definition) is 0. The summed E-state index contributed by atoms with van der Waals surface area (Å²) in [5.41, 5.74) is 0.430. The molecule has 2 amide bonds. The van der Waals surface area contributed by atoms with Crippen LogP contribution >= 0.6 is 11.8 Å². The maximum atomic E-state index is 13.2. The van der Waals surface area contributed by atoms with Crippen molar-refractivity contribution in [1.82, 2.24) is 5.06 Å². The van der Waals surface area contributed by atoms with E-state index in [1.807, 2.05) is 0 Å². The summed E-state index contributed by atoms with van der Waals surface area (Å²) in [6.45, 7) is 0. The van der Waals surface area contributed by atoms with Gasteiger partial charge in [-0.1, -0.05) is 17.2 Å². The number of hydroxylamine groups is 2. The Kier molecular flexibility index (Phi) is 3.87. The van der Waals surface area contributed by atoms with Gasteiger partial charge in [-0.2, -0.15) is 0 Å². The van der Waals surface area contributed by atoms with E-state index >= 15 is 0 Å². The summed E-state index contributed by atoms with van der Waals surface area (Å²) >= 11 is 1.16. The molecule has 116 valence electrons. The molecular formula is C16H10FNO4S. The average Bonchev–Trinajstić information content (AvgIpc) is 2.80. The van der Waals surface area contributed by atoms with Gasteiger partial charge in [0.05, 0.1) is 16.7 Å². The number of thioether (sulfide) groups is 1. The van der Waals surface area contributed by atoms with Crippen molar-refractivity contribution in [2.75, 3.05) is 6.26 Å². The maximum Gasteiger partial charge on any atom is 0.365 e. The Balaban J connectivity index is 1.88. The molecule has 0 bridgehead atoms. The average molecular weight is 331 g/mol. The number of benzene rings is 2. The van der Waals surface area contributed by atoms with Gasteiger partial charge in [0.2, 0.25) is 0 Å². The van der Waals surface area contributed by atoms with Gasteiger partial charge in [0.25, 0.3) is 11.8 Å². The van der Waals surface area contributed by atoms with E-state index in [2.05, 4.69) is 0 Å². The van der Waals surface area contributed by atoms with Gasteiger partial charge >= 0.3 is 5.97 Å². The van der Waals surface area contributed by atoms with Gasteiger partial charge in [0.15, 0.2) is 0 Å². The van der Waals surface area contributed by atoms with Crippen molar-refractivity contribution in [3.05, 3.63) is 65.0 Å². The van der Waals surface area contributed by atoms with Crippen molar-refractivity contribution in [3.8, 4) is 0 Å². The Bertz CT molecular complexity index is 802. The maximum absolute atomic E-state index is 13.2. The van der Waals surface area contributed by atoms with Crippen molar-refractivity contribution >= 4 is 29.5 Å². The van der Waals surface area contributed by atoms with Crippen LogP contribution in [0.2, 0.25) is 0 Å². The van der Waals surface area contributed by atoms with Crippen LogP contribution in [0.25, 0.3) is 0 Å². The Morgan fingerprint density at radius 3 is 2.26 bits per heavy atom. The van der Waals surface area contributed by atoms with Crippen LogP contribution in [0.3, 0.4) is 0 Å². The molecule has 0 N–H and O–H groups in total. The predicted octanol–water partition coefficient (Wildman–Crippen LogP) is 2.92. The lowest BCUT2D eigenvalue weighted by Gasteiger charge is -2.14. The molecule has 5 nitrogen and oxygen atoms in total. The zero-order valence-corrected chi connectivity index (χ0v) is 12.7. The summed E-state index contributed by atoms with van der Waals surface area (Å²) in [4.78, 5) is 41.8. The van der Waals surface area contributed by atoms with E-state index in [9.17, 15) is 18.8 Å². The Morgan fingerprint density at radius 2 is 1.70 bits per heavy atom. The number of halogens is 1. The monoisotopic (exact) mass is 331 g/mol. The van der Waals surface area contributed by atoms with Gasteiger partial charge < -0.3 is 4.84 Å². The lowest BCUT2D eigenvalue weighted by atomic mass is 10.1. The van der Waals surface area contributed by atoms with Crippen LogP contribution in [0.1, 0.15) is 31.1 Å². The molecule has 1 aliphatic rings. The van der Waals surface area contributed by atoms with E-state index in [4.69, 9.17) is 4.84 Å². The van der Waals surface area contributed by atoms with Crippen LogP contribution in [0, 0.1) is 5.82 Å². The number of carbonyl (C=O) groups excluding carboxylic acids is 3. The molecule has 0 aliphatic carbocycles. The van der Waals surface area contributed by atoms with E-state index in [1.54, 1.807) is 18.4 Å². The van der Waals surface area contributed by atoms with E-state index in [0.29, 0.717) is 9.96 Å². The third kappa shape index (κ3) is 2.59. The fourth-order valence-corrected chi connectivity index (χ4v) is 2.82. The first-order chi connectivity index (χ1) is 11.0. The predicted molar refractivity (Wildman–Crippen MR) is 80.5 cm³/mol. The first kappa shape index (κ1) is 15.2. The Morgan fingerprint density at radius 1 is 1.09 bits per heavy atom. The van der Waals surface area contributed by atoms with E-state index in [1.165, 1.54) is 24.3 Å². The van der Waals surface area contributed by atoms with Gasteiger partial charge in [-0.3, -0.25) is 9.59 Å². The molecule has 1 heterocycles. The van der Waals surface area contributed by atoms with Crippen molar-refractivity contribution in [3.63, 3.8) is 0 Å². The van der Waals surface area contributed by atoms with Gasteiger partial charge in [-0.15, -0.1) is 11.8 Å². The minimum atomic E-state index is -0.899. The number of nitrogens with zero attached hydrogens (tertiary/aromatic N) is 1. The molecule has 0 radical (unpaired) electrons. The van der Waals surface area contributed by atoms with Crippen molar-refractivity contribution in [2.45, 2.75) is 4.90 Å². The van der Waals surface area contributed by atoms with Crippen LogP contribution in [0.5, 0.6) is 0 Å². The summed E-state index contributed by atoms with van der Waals surface area (Å²) in [5.74, 6) is -2.80. The van der Waals surface area contributed by atoms with Gasteiger partial charge in [-0.05, 0) is 36.6 Å². The van der Waals surface area contributed by atoms with Crippen molar-refractivity contribution < 1.29 is 23.6 Å². The normalized spacial score (nSPS) is 13.2. The molecule has 2 aromatic carbocycles. The number of hydrogen-bond acceptors (Lipinski definition) is 5. The lowest BCUT2D eigenvalue weighted by molar-refractivity contribution is -0.0587. The molecule has 0 saturated heterocycles. The largest absolute Gasteiger partial charge is 0.365 e. The van der Waals surface area contributed by atoms with Gasteiger partial charge in [0, 0.05) is 4.90 Å². The quantitative estimate of drug-likeness (QED) is 0.639. The fourth-order valence-electron chi connectivity index (χ4n) is 2.22. The van der Waals surface area contributed by atoms with E-state index in [0.717, 1.165) is 17.8 Å². The van der Waals surface area contributed by atoms with E-state index < -0.39 is 23.6 Å². The zero-order valence-electron chi connectivity index (χ0n) is 11.9. The second-order valence-corrected chi connectivity index (χ2v) is 5.52. The van der Waals surface area contributed by atoms with Crippen LogP contribution in [-0.4, -0.2) is 29.1 Å².